The minimum absolute atomic E-state index is 0.0150. The molecule has 82 valence electrons. The van der Waals surface area contributed by atoms with Gasteiger partial charge in [0.2, 0.25) is 0 Å². The van der Waals surface area contributed by atoms with Gasteiger partial charge in [-0.05, 0) is 24.1 Å². The maximum Gasteiger partial charge on any atom is 0.324 e. The summed E-state index contributed by atoms with van der Waals surface area (Å²) >= 11 is 11.3. The molecule has 1 aromatic rings. The lowest BCUT2D eigenvalue weighted by Crippen LogP contribution is -2.18. The number of ether oxygens (including phenoxy) is 1. The maximum absolute atomic E-state index is 12.8. The predicted octanol–water partition coefficient (Wildman–Crippen LogP) is 2.80. The summed E-state index contributed by atoms with van der Waals surface area (Å²) < 4.78 is 17.3. The Morgan fingerprint density at radius 2 is 2.27 bits per heavy atom. The average Bonchev–Trinajstić information content (AvgIpc) is 2.22. The Balaban J connectivity index is 2.73. The Morgan fingerprint density at radius 1 is 1.60 bits per heavy atom. The fourth-order valence-corrected chi connectivity index (χ4v) is 1.56. The minimum Gasteiger partial charge on any atom is -0.468 e. The van der Waals surface area contributed by atoms with Crippen molar-refractivity contribution >= 4 is 29.2 Å². The Hall–Kier alpha value is -0.800. The van der Waals surface area contributed by atoms with Crippen LogP contribution in [0.25, 0.3) is 0 Å². The van der Waals surface area contributed by atoms with E-state index in [0.29, 0.717) is 5.56 Å². The lowest BCUT2D eigenvalue weighted by atomic mass is 10.1. The molecule has 15 heavy (non-hydrogen) atoms. The SMILES string of the molecule is COC(=O)C(Cl)Cc1ccc(F)c(Cl)c1. The van der Waals surface area contributed by atoms with E-state index in [-0.39, 0.29) is 11.4 Å². The summed E-state index contributed by atoms with van der Waals surface area (Å²) in [5.41, 5.74) is 0.687. The van der Waals surface area contributed by atoms with Gasteiger partial charge in [-0.1, -0.05) is 17.7 Å². The van der Waals surface area contributed by atoms with Gasteiger partial charge in [0, 0.05) is 0 Å². The van der Waals surface area contributed by atoms with Crippen LogP contribution in [-0.2, 0) is 16.0 Å². The van der Waals surface area contributed by atoms with Crippen LogP contribution in [0, 0.1) is 5.82 Å². The summed E-state index contributed by atoms with van der Waals surface area (Å²) in [5.74, 6) is -1.01. The van der Waals surface area contributed by atoms with E-state index in [1.165, 1.54) is 25.3 Å². The van der Waals surface area contributed by atoms with Crippen molar-refractivity contribution in [3.63, 3.8) is 0 Å². The summed E-state index contributed by atoms with van der Waals surface area (Å²) in [6, 6.07) is 4.20. The third kappa shape index (κ3) is 3.36. The van der Waals surface area contributed by atoms with Crippen molar-refractivity contribution in [1.29, 1.82) is 0 Å². The molecule has 1 unspecified atom stereocenters. The smallest absolute Gasteiger partial charge is 0.324 e. The zero-order chi connectivity index (χ0) is 11.4. The number of hydrogen-bond donors (Lipinski definition) is 0. The van der Waals surface area contributed by atoms with Crippen molar-refractivity contribution in [2.45, 2.75) is 11.8 Å². The summed E-state index contributed by atoms with van der Waals surface area (Å²) in [6.07, 6.45) is 0.258. The lowest BCUT2D eigenvalue weighted by Gasteiger charge is -2.07. The topological polar surface area (TPSA) is 26.3 Å². The van der Waals surface area contributed by atoms with Crippen molar-refractivity contribution in [2.75, 3.05) is 7.11 Å². The Morgan fingerprint density at radius 3 is 2.80 bits per heavy atom. The number of hydrogen-bond acceptors (Lipinski definition) is 2. The fourth-order valence-electron chi connectivity index (χ4n) is 1.08. The van der Waals surface area contributed by atoms with Gasteiger partial charge in [0.15, 0.2) is 0 Å². The second-order valence-corrected chi connectivity index (χ2v) is 3.88. The summed E-state index contributed by atoms with van der Waals surface area (Å²) in [6.45, 7) is 0. The quantitative estimate of drug-likeness (QED) is 0.609. The summed E-state index contributed by atoms with van der Waals surface area (Å²) in [5, 5.41) is -0.766. The molecular formula is C10H9Cl2FO2. The first-order chi connectivity index (χ1) is 7.04. The van der Waals surface area contributed by atoms with E-state index in [4.69, 9.17) is 23.2 Å². The Kier molecular flexibility index (Phi) is 4.36. The molecule has 0 aliphatic rings. The molecule has 0 saturated carbocycles. The number of rotatable bonds is 3. The van der Waals surface area contributed by atoms with Gasteiger partial charge in [-0.25, -0.2) is 4.39 Å². The number of esters is 1. The highest BCUT2D eigenvalue weighted by atomic mass is 35.5. The van der Waals surface area contributed by atoms with Crippen molar-refractivity contribution in [2.24, 2.45) is 0 Å². The van der Waals surface area contributed by atoms with E-state index in [0.717, 1.165) is 0 Å². The Labute approximate surface area is 96.9 Å². The van der Waals surface area contributed by atoms with E-state index in [9.17, 15) is 9.18 Å². The van der Waals surface area contributed by atoms with Gasteiger partial charge in [0.1, 0.15) is 11.2 Å². The van der Waals surface area contributed by atoms with E-state index in [2.05, 4.69) is 4.74 Å². The highest BCUT2D eigenvalue weighted by Gasteiger charge is 2.16. The van der Waals surface area contributed by atoms with Gasteiger partial charge in [-0.3, -0.25) is 4.79 Å². The molecule has 0 fully saturated rings. The molecule has 0 aromatic heterocycles. The molecule has 5 heteroatoms. The number of methoxy groups -OCH3 is 1. The van der Waals surface area contributed by atoms with Gasteiger partial charge in [0.05, 0.1) is 12.1 Å². The number of carbonyl (C=O) groups excluding carboxylic acids is 1. The first kappa shape index (κ1) is 12.3. The van der Waals surface area contributed by atoms with Crippen molar-refractivity contribution < 1.29 is 13.9 Å². The van der Waals surface area contributed by atoms with Crippen molar-refractivity contribution in [3.8, 4) is 0 Å². The number of halogens is 3. The molecule has 0 aliphatic carbocycles. The van der Waals surface area contributed by atoms with E-state index < -0.39 is 17.2 Å². The van der Waals surface area contributed by atoms with Crippen LogP contribution in [0.5, 0.6) is 0 Å². The van der Waals surface area contributed by atoms with E-state index in [1.54, 1.807) is 0 Å². The largest absolute Gasteiger partial charge is 0.468 e. The van der Waals surface area contributed by atoms with Crippen LogP contribution in [0.4, 0.5) is 4.39 Å². The monoisotopic (exact) mass is 250 g/mol. The number of benzene rings is 1. The van der Waals surface area contributed by atoms with Crippen LogP contribution < -0.4 is 0 Å². The standard InChI is InChI=1S/C10H9Cl2FO2/c1-15-10(14)8(12)5-6-2-3-9(13)7(11)4-6/h2-4,8H,5H2,1H3. The van der Waals surface area contributed by atoms with Crippen molar-refractivity contribution in [3.05, 3.63) is 34.6 Å². The first-order valence-corrected chi connectivity index (χ1v) is 5.02. The molecule has 0 spiro atoms. The van der Waals surface area contributed by atoms with Crippen LogP contribution >= 0.6 is 23.2 Å². The second-order valence-electron chi connectivity index (χ2n) is 2.94. The van der Waals surface area contributed by atoms with Crippen LogP contribution in [0.15, 0.2) is 18.2 Å². The average molecular weight is 251 g/mol. The second kappa shape index (κ2) is 5.33. The third-order valence-electron chi connectivity index (χ3n) is 1.86. The van der Waals surface area contributed by atoms with Crippen LogP contribution in [0.2, 0.25) is 5.02 Å². The summed E-state index contributed by atoms with van der Waals surface area (Å²) in [4.78, 5) is 11.0. The third-order valence-corrected chi connectivity index (χ3v) is 2.48. The molecule has 1 rings (SSSR count). The van der Waals surface area contributed by atoms with Crippen molar-refractivity contribution in [1.82, 2.24) is 0 Å². The van der Waals surface area contributed by atoms with Gasteiger partial charge < -0.3 is 4.74 Å². The molecule has 0 radical (unpaired) electrons. The zero-order valence-electron chi connectivity index (χ0n) is 7.97. The molecule has 0 heterocycles. The highest BCUT2D eigenvalue weighted by Crippen LogP contribution is 2.18. The normalized spacial score (nSPS) is 12.3. The Bertz CT molecular complexity index is 368. The minimum atomic E-state index is -0.781. The van der Waals surface area contributed by atoms with Crippen LogP contribution in [0.1, 0.15) is 5.56 Å². The van der Waals surface area contributed by atoms with Gasteiger partial charge >= 0.3 is 5.97 Å². The van der Waals surface area contributed by atoms with Gasteiger partial charge in [0.25, 0.3) is 0 Å². The predicted molar refractivity (Wildman–Crippen MR) is 56.8 cm³/mol. The molecule has 0 aliphatic heterocycles. The molecule has 0 bridgehead atoms. The van der Waals surface area contributed by atoms with Crippen LogP contribution in [-0.4, -0.2) is 18.5 Å². The molecule has 1 aromatic carbocycles. The van der Waals surface area contributed by atoms with Gasteiger partial charge in [-0.15, -0.1) is 11.6 Å². The molecular weight excluding hydrogens is 242 g/mol. The molecule has 0 amide bonds. The zero-order valence-corrected chi connectivity index (χ0v) is 9.48. The number of alkyl halides is 1. The van der Waals surface area contributed by atoms with Crippen LogP contribution in [0.3, 0.4) is 0 Å². The highest BCUT2D eigenvalue weighted by molar-refractivity contribution is 6.31. The first-order valence-electron chi connectivity index (χ1n) is 4.20. The fraction of sp³-hybridized carbons (Fsp3) is 0.300. The van der Waals surface area contributed by atoms with Gasteiger partial charge in [-0.2, -0.15) is 0 Å². The maximum atomic E-state index is 12.8. The summed E-state index contributed by atoms with van der Waals surface area (Å²) in [7, 11) is 1.26. The molecule has 1 atom stereocenters. The molecule has 0 N–H and O–H groups in total. The lowest BCUT2D eigenvalue weighted by molar-refractivity contribution is -0.140. The molecule has 2 nitrogen and oxygen atoms in total. The van der Waals surface area contributed by atoms with E-state index >= 15 is 0 Å². The molecule has 0 saturated heterocycles. The van der Waals surface area contributed by atoms with E-state index in [1.807, 2.05) is 0 Å². The number of carbonyl (C=O) groups is 1.